The van der Waals surface area contributed by atoms with Crippen LogP contribution in [0.5, 0.6) is 0 Å². The number of hydrogen-bond donors (Lipinski definition) is 0. The van der Waals surface area contributed by atoms with Gasteiger partial charge >= 0.3 is 0 Å². The van der Waals surface area contributed by atoms with Gasteiger partial charge in [-0.2, -0.15) is 0 Å². The molecule has 0 atom stereocenters. The second kappa shape index (κ2) is 3.47. The fraction of sp³-hybridized carbons (Fsp3) is 0.300. The van der Waals surface area contributed by atoms with E-state index in [4.69, 9.17) is 4.84 Å². The first-order valence-electron chi connectivity index (χ1n) is 4.33. The van der Waals surface area contributed by atoms with Crippen molar-refractivity contribution in [2.24, 2.45) is 5.16 Å². The van der Waals surface area contributed by atoms with Crippen molar-refractivity contribution in [1.82, 2.24) is 4.90 Å². The third-order valence-electron chi connectivity index (χ3n) is 1.96. The Labute approximate surface area is 77.6 Å². The average Bonchev–Trinajstić information content (AvgIpc) is 2.99. The van der Waals surface area contributed by atoms with Crippen molar-refractivity contribution in [3.63, 3.8) is 0 Å². The summed E-state index contributed by atoms with van der Waals surface area (Å²) < 4.78 is 0. The molecule has 0 bridgehead atoms. The Morgan fingerprint density at radius 1 is 1.31 bits per heavy atom. The van der Waals surface area contributed by atoms with E-state index in [1.165, 1.54) is 0 Å². The Bertz CT molecular complexity index is 304. The monoisotopic (exact) mass is 176 g/mol. The van der Waals surface area contributed by atoms with E-state index in [0.717, 1.165) is 24.5 Å². The molecule has 0 N–H and O–H groups in total. The summed E-state index contributed by atoms with van der Waals surface area (Å²) in [6.07, 6.45) is 0. The van der Waals surface area contributed by atoms with Crippen LogP contribution >= 0.6 is 0 Å². The third-order valence-corrected chi connectivity index (χ3v) is 1.96. The Balaban J connectivity index is 2.25. The van der Waals surface area contributed by atoms with Crippen LogP contribution in [0.1, 0.15) is 5.56 Å². The predicted octanol–water partition coefficient (Wildman–Crippen LogP) is 1.31. The van der Waals surface area contributed by atoms with Crippen LogP contribution in [-0.4, -0.2) is 30.9 Å². The van der Waals surface area contributed by atoms with E-state index in [0.29, 0.717) is 0 Å². The summed E-state index contributed by atoms with van der Waals surface area (Å²) >= 11 is 0. The van der Waals surface area contributed by atoms with Gasteiger partial charge in [0, 0.05) is 18.7 Å². The van der Waals surface area contributed by atoms with Crippen molar-refractivity contribution in [1.29, 1.82) is 0 Å². The van der Waals surface area contributed by atoms with E-state index in [2.05, 4.69) is 10.1 Å². The van der Waals surface area contributed by atoms with Crippen molar-refractivity contribution >= 4 is 5.84 Å². The molecule has 13 heavy (non-hydrogen) atoms. The van der Waals surface area contributed by atoms with Crippen LogP contribution < -0.4 is 0 Å². The Morgan fingerprint density at radius 3 is 2.54 bits per heavy atom. The highest BCUT2D eigenvalue weighted by atomic mass is 16.6. The Morgan fingerprint density at radius 2 is 2.00 bits per heavy atom. The molecule has 1 aromatic rings. The molecule has 1 saturated heterocycles. The number of rotatable bonds is 2. The molecule has 0 amide bonds. The van der Waals surface area contributed by atoms with E-state index in [1.807, 2.05) is 30.3 Å². The van der Waals surface area contributed by atoms with Gasteiger partial charge in [-0.3, -0.25) is 0 Å². The molecule has 68 valence electrons. The quantitative estimate of drug-likeness (QED) is 0.294. The van der Waals surface area contributed by atoms with E-state index in [1.54, 1.807) is 7.11 Å². The average molecular weight is 176 g/mol. The zero-order valence-corrected chi connectivity index (χ0v) is 7.60. The molecule has 0 saturated carbocycles. The molecule has 3 nitrogen and oxygen atoms in total. The first-order valence-corrected chi connectivity index (χ1v) is 4.33. The molecule has 1 aliphatic heterocycles. The van der Waals surface area contributed by atoms with E-state index >= 15 is 0 Å². The predicted molar refractivity (Wildman–Crippen MR) is 51.6 cm³/mol. The van der Waals surface area contributed by atoms with Crippen LogP contribution in [0.2, 0.25) is 0 Å². The van der Waals surface area contributed by atoms with Crippen LogP contribution in [-0.2, 0) is 4.84 Å². The molecule has 1 heterocycles. The normalized spacial score (nSPS) is 15.8. The molecule has 0 aliphatic carbocycles. The highest BCUT2D eigenvalue weighted by Crippen LogP contribution is 2.13. The number of amidine groups is 1. The maximum absolute atomic E-state index is 4.81. The van der Waals surface area contributed by atoms with Gasteiger partial charge in [0.2, 0.25) is 0 Å². The molecule has 0 unspecified atom stereocenters. The molecule has 0 aromatic heterocycles. The number of hydrogen-bond acceptors (Lipinski definition) is 2. The first kappa shape index (κ1) is 8.10. The Kier molecular flexibility index (Phi) is 2.17. The minimum atomic E-state index is 0.933. The summed E-state index contributed by atoms with van der Waals surface area (Å²) in [7, 11) is 1.58. The lowest BCUT2D eigenvalue weighted by Crippen LogP contribution is -2.12. The van der Waals surface area contributed by atoms with Crippen LogP contribution in [0.15, 0.2) is 35.5 Å². The molecule has 1 aromatic carbocycles. The van der Waals surface area contributed by atoms with Crippen LogP contribution in [0.3, 0.4) is 0 Å². The van der Waals surface area contributed by atoms with Crippen LogP contribution in [0, 0.1) is 0 Å². The summed E-state index contributed by atoms with van der Waals surface area (Å²) in [4.78, 5) is 6.97. The van der Waals surface area contributed by atoms with Crippen LogP contribution in [0.4, 0.5) is 0 Å². The molecule has 0 radical (unpaired) electrons. The van der Waals surface area contributed by atoms with E-state index < -0.39 is 0 Å². The SMILES string of the molecule is CO/N=C(\c1ccccc1)N1CC1. The van der Waals surface area contributed by atoms with Gasteiger partial charge in [0.25, 0.3) is 0 Å². The standard InChI is InChI=1S/C10H12N2O/c1-13-11-10(12-7-8-12)9-5-3-2-4-6-9/h2-6H,7-8H2,1H3/b11-10+. The minimum absolute atomic E-state index is 0.933. The highest BCUT2D eigenvalue weighted by Gasteiger charge is 2.23. The zero-order valence-electron chi connectivity index (χ0n) is 7.60. The largest absolute Gasteiger partial charge is 0.397 e. The maximum atomic E-state index is 4.81. The lowest BCUT2D eigenvalue weighted by molar-refractivity contribution is 0.210. The lowest BCUT2D eigenvalue weighted by atomic mass is 10.2. The number of oxime groups is 1. The molecule has 1 fully saturated rings. The lowest BCUT2D eigenvalue weighted by Gasteiger charge is -2.05. The second-order valence-electron chi connectivity index (χ2n) is 2.95. The summed E-state index contributed by atoms with van der Waals surface area (Å²) in [5.41, 5.74) is 1.11. The molecule has 0 spiro atoms. The third kappa shape index (κ3) is 1.80. The molecule has 3 heteroatoms. The van der Waals surface area contributed by atoms with Gasteiger partial charge in [0.15, 0.2) is 5.84 Å². The smallest absolute Gasteiger partial charge is 0.175 e. The number of nitrogens with zero attached hydrogens (tertiary/aromatic N) is 2. The maximum Gasteiger partial charge on any atom is 0.175 e. The van der Waals surface area contributed by atoms with Crippen molar-refractivity contribution in [3.8, 4) is 0 Å². The van der Waals surface area contributed by atoms with Gasteiger partial charge in [0.1, 0.15) is 7.11 Å². The molecule has 1 aliphatic rings. The van der Waals surface area contributed by atoms with E-state index in [-0.39, 0.29) is 0 Å². The number of benzene rings is 1. The highest BCUT2D eigenvalue weighted by molar-refractivity contribution is 5.99. The summed E-state index contributed by atoms with van der Waals surface area (Å²) in [5.74, 6) is 0.933. The van der Waals surface area contributed by atoms with Gasteiger partial charge in [-0.1, -0.05) is 35.5 Å². The summed E-state index contributed by atoms with van der Waals surface area (Å²) in [6, 6.07) is 10.1. The van der Waals surface area contributed by atoms with Gasteiger partial charge in [0.05, 0.1) is 0 Å². The van der Waals surface area contributed by atoms with Crippen molar-refractivity contribution in [2.45, 2.75) is 0 Å². The van der Waals surface area contributed by atoms with Crippen molar-refractivity contribution in [2.75, 3.05) is 20.2 Å². The van der Waals surface area contributed by atoms with Gasteiger partial charge < -0.3 is 9.74 Å². The topological polar surface area (TPSA) is 24.6 Å². The zero-order chi connectivity index (χ0) is 9.10. The molecular formula is C10H12N2O. The molecule has 2 rings (SSSR count). The molecular weight excluding hydrogens is 164 g/mol. The van der Waals surface area contributed by atoms with Crippen molar-refractivity contribution in [3.05, 3.63) is 35.9 Å². The second-order valence-corrected chi connectivity index (χ2v) is 2.95. The van der Waals surface area contributed by atoms with Crippen molar-refractivity contribution < 1.29 is 4.84 Å². The first-order chi connectivity index (χ1) is 6.42. The van der Waals surface area contributed by atoms with Gasteiger partial charge in [-0.05, 0) is 0 Å². The van der Waals surface area contributed by atoms with E-state index in [9.17, 15) is 0 Å². The fourth-order valence-electron chi connectivity index (χ4n) is 1.23. The summed E-state index contributed by atoms with van der Waals surface area (Å²) in [6.45, 7) is 2.16. The minimum Gasteiger partial charge on any atom is -0.397 e. The van der Waals surface area contributed by atoms with Crippen LogP contribution in [0.25, 0.3) is 0 Å². The van der Waals surface area contributed by atoms with Gasteiger partial charge in [-0.25, -0.2) is 0 Å². The fourth-order valence-corrected chi connectivity index (χ4v) is 1.23. The van der Waals surface area contributed by atoms with Gasteiger partial charge in [-0.15, -0.1) is 0 Å². The Hall–Kier alpha value is -1.51. The summed E-state index contributed by atoms with van der Waals surface area (Å²) in [5, 5.41) is 4.00.